The molecule has 0 fully saturated rings. The van der Waals surface area contributed by atoms with Crippen LogP contribution in [0.4, 0.5) is 0 Å². The number of carboxylic acids is 1. The highest BCUT2D eigenvalue weighted by Gasteiger charge is 2.18. The summed E-state index contributed by atoms with van der Waals surface area (Å²) in [6.45, 7) is 1.57. The van der Waals surface area contributed by atoms with Crippen LogP contribution < -0.4 is 0 Å². The molecule has 0 saturated heterocycles. The molecule has 0 bridgehead atoms. The van der Waals surface area contributed by atoms with Gasteiger partial charge in [-0.05, 0) is 13.0 Å². The Morgan fingerprint density at radius 1 is 1.36 bits per heavy atom. The van der Waals surface area contributed by atoms with Crippen molar-refractivity contribution in [3.63, 3.8) is 0 Å². The van der Waals surface area contributed by atoms with Crippen LogP contribution in [0.1, 0.15) is 16.1 Å². The van der Waals surface area contributed by atoms with Gasteiger partial charge in [-0.15, -0.1) is 0 Å². The molecule has 4 nitrogen and oxygen atoms in total. The van der Waals surface area contributed by atoms with E-state index in [4.69, 9.17) is 5.11 Å². The lowest BCUT2D eigenvalue weighted by molar-refractivity contribution is 0.0695. The maximum atomic E-state index is 10.9. The molecule has 2 N–H and O–H groups in total. The van der Waals surface area contributed by atoms with Crippen molar-refractivity contribution in [3.8, 4) is 0 Å². The van der Waals surface area contributed by atoms with Crippen LogP contribution in [0.2, 0.25) is 0 Å². The van der Waals surface area contributed by atoms with Crippen LogP contribution in [0.5, 0.6) is 0 Å². The Morgan fingerprint density at radius 3 is 2.64 bits per heavy atom. The normalized spacial score (nSPS) is 10.6. The summed E-state index contributed by atoms with van der Waals surface area (Å²) in [5.74, 6) is -1.02. The summed E-state index contributed by atoms with van der Waals surface area (Å²) >= 11 is 0. The van der Waals surface area contributed by atoms with Crippen LogP contribution in [-0.4, -0.2) is 21.0 Å². The fraction of sp³-hybridized carbons (Fsp3) is 0.100. The number of benzene rings is 1. The lowest BCUT2D eigenvalue weighted by atomic mass is 10.1. The van der Waals surface area contributed by atoms with Gasteiger partial charge in [0.25, 0.3) is 0 Å². The van der Waals surface area contributed by atoms with Gasteiger partial charge in [0.2, 0.25) is 0 Å². The van der Waals surface area contributed by atoms with E-state index >= 15 is 0 Å². The minimum atomic E-state index is -1.02. The van der Waals surface area contributed by atoms with E-state index in [1.54, 1.807) is 31.2 Å². The van der Waals surface area contributed by atoms with Gasteiger partial charge in [0.15, 0.2) is 0 Å². The van der Waals surface area contributed by atoms with Crippen molar-refractivity contribution in [3.05, 3.63) is 35.5 Å². The Bertz CT molecular complexity index is 513. The zero-order valence-corrected chi connectivity index (χ0v) is 7.56. The van der Waals surface area contributed by atoms with Crippen LogP contribution in [0.25, 0.3) is 10.9 Å². The summed E-state index contributed by atoms with van der Waals surface area (Å²) in [6, 6.07) is 6.85. The first-order valence-electron chi connectivity index (χ1n) is 4.15. The number of rotatable bonds is 1. The molecule has 2 rings (SSSR count). The van der Waals surface area contributed by atoms with E-state index in [9.17, 15) is 10.0 Å². The molecule has 1 aromatic carbocycles. The van der Waals surface area contributed by atoms with Gasteiger partial charge in [0.05, 0.1) is 16.8 Å². The van der Waals surface area contributed by atoms with E-state index in [1.165, 1.54) is 0 Å². The minimum absolute atomic E-state index is 0.156. The quantitative estimate of drug-likeness (QED) is 0.676. The van der Waals surface area contributed by atoms with Crippen molar-refractivity contribution in [2.24, 2.45) is 0 Å². The monoisotopic (exact) mass is 191 g/mol. The maximum Gasteiger partial charge on any atom is 0.338 e. The van der Waals surface area contributed by atoms with E-state index < -0.39 is 5.97 Å². The van der Waals surface area contributed by atoms with E-state index in [0.717, 1.165) is 4.73 Å². The fourth-order valence-corrected chi connectivity index (χ4v) is 1.62. The molecule has 0 atom stereocenters. The molecular weight excluding hydrogens is 182 g/mol. The van der Waals surface area contributed by atoms with Crippen LogP contribution in [0, 0.1) is 6.92 Å². The maximum absolute atomic E-state index is 10.9. The Labute approximate surface area is 80.0 Å². The third kappa shape index (κ3) is 0.970. The zero-order chi connectivity index (χ0) is 10.3. The molecule has 0 amide bonds. The van der Waals surface area contributed by atoms with Crippen molar-refractivity contribution in [1.82, 2.24) is 4.73 Å². The van der Waals surface area contributed by atoms with Crippen molar-refractivity contribution in [2.75, 3.05) is 0 Å². The second-order valence-corrected chi connectivity index (χ2v) is 3.09. The average molecular weight is 191 g/mol. The van der Waals surface area contributed by atoms with Crippen molar-refractivity contribution in [1.29, 1.82) is 0 Å². The minimum Gasteiger partial charge on any atom is -0.478 e. The van der Waals surface area contributed by atoms with Gasteiger partial charge in [-0.25, -0.2) is 4.79 Å². The number of para-hydroxylation sites is 1. The first-order valence-corrected chi connectivity index (χ1v) is 4.15. The molecule has 0 radical (unpaired) electrons. The SMILES string of the molecule is Cc1c(C(=O)O)c2ccccc2n1O. The Kier molecular flexibility index (Phi) is 1.70. The van der Waals surface area contributed by atoms with Crippen LogP contribution in [-0.2, 0) is 0 Å². The lowest BCUT2D eigenvalue weighted by Crippen LogP contribution is -2.00. The smallest absolute Gasteiger partial charge is 0.338 e. The molecule has 0 spiro atoms. The highest BCUT2D eigenvalue weighted by atomic mass is 16.5. The molecule has 0 aliphatic heterocycles. The van der Waals surface area contributed by atoms with E-state index in [2.05, 4.69) is 0 Å². The highest BCUT2D eigenvalue weighted by molar-refractivity contribution is 6.04. The predicted molar refractivity (Wildman–Crippen MR) is 50.8 cm³/mol. The Balaban J connectivity index is 2.95. The molecule has 72 valence electrons. The molecule has 0 aliphatic carbocycles. The summed E-state index contributed by atoms with van der Waals surface area (Å²) in [5, 5.41) is 19.1. The number of nitrogens with zero attached hydrogens (tertiary/aromatic N) is 1. The Hall–Kier alpha value is -1.97. The summed E-state index contributed by atoms with van der Waals surface area (Å²) in [5.41, 5.74) is 1.02. The fourth-order valence-electron chi connectivity index (χ4n) is 1.62. The topological polar surface area (TPSA) is 62.5 Å². The molecule has 14 heavy (non-hydrogen) atoms. The molecule has 0 aliphatic rings. The zero-order valence-electron chi connectivity index (χ0n) is 7.56. The standard InChI is InChI=1S/C10H9NO3/c1-6-9(10(12)13)7-4-2-3-5-8(7)11(6)14/h2-5,14H,1H3,(H,12,13). The highest BCUT2D eigenvalue weighted by Crippen LogP contribution is 2.23. The van der Waals surface area contributed by atoms with E-state index in [0.29, 0.717) is 16.6 Å². The molecule has 4 heteroatoms. The largest absolute Gasteiger partial charge is 0.478 e. The first-order chi connectivity index (χ1) is 6.63. The second kappa shape index (κ2) is 2.77. The Morgan fingerprint density at radius 2 is 2.00 bits per heavy atom. The average Bonchev–Trinajstić information content (AvgIpc) is 2.41. The molecule has 0 saturated carbocycles. The number of fused-ring (bicyclic) bond motifs is 1. The number of hydrogen-bond acceptors (Lipinski definition) is 2. The number of carboxylic acid groups (broad SMARTS) is 1. The first kappa shape index (κ1) is 8.62. The number of carbonyl (C=O) groups is 1. The molecular formula is C10H9NO3. The van der Waals surface area contributed by atoms with Crippen LogP contribution in [0.15, 0.2) is 24.3 Å². The lowest BCUT2D eigenvalue weighted by Gasteiger charge is -1.95. The van der Waals surface area contributed by atoms with Gasteiger partial charge in [-0.2, -0.15) is 4.73 Å². The van der Waals surface area contributed by atoms with Crippen molar-refractivity contribution < 1.29 is 15.1 Å². The molecule has 1 aromatic heterocycles. The number of aromatic nitrogens is 1. The second-order valence-electron chi connectivity index (χ2n) is 3.09. The number of hydrogen-bond donors (Lipinski definition) is 2. The van der Waals surface area contributed by atoms with Gasteiger partial charge in [0, 0.05) is 5.39 Å². The van der Waals surface area contributed by atoms with Crippen LogP contribution >= 0.6 is 0 Å². The molecule has 0 unspecified atom stereocenters. The summed E-state index contributed by atoms with van der Waals surface area (Å²) < 4.78 is 0.902. The van der Waals surface area contributed by atoms with E-state index in [1.807, 2.05) is 0 Å². The van der Waals surface area contributed by atoms with E-state index in [-0.39, 0.29) is 5.56 Å². The number of aromatic carboxylic acids is 1. The predicted octanol–water partition coefficient (Wildman–Crippen LogP) is 1.89. The van der Waals surface area contributed by atoms with Gasteiger partial charge in [0.1, 0.15) is 0 Å². The van der Waals surface area contributed by atoms with Gasteiger partial charge >= 0.3 is 5.97 Å². The van der Waals surface area contributed by atoms with Crippen molar-refractivity contribution in [2.45, 2.75) is 6.92 Å². The third-order valence-corrected chi connectivity index (χ3v) is 2.29. The van der Waals surface area contributed by atoms with Crippen molar-refractivity contribution >= 4 is 16.9 Å². The van der Waals surface area contributed by atoms with Gasteiger partial charge in [-0.3, -0.25) is 0 Å². The molecule has 2 aromatic rings. The third-order valence-electron chi connectivity index (χ3n) is 2.29. The summed E-state index contributed by atoms with van der Waals surface area (Å²) in [6.07, 6.45) is 0. The van der Waals surface area contributed by atoms with Crippen LogP contribution in [0.3, 0.4) is 0 Å². The van der Waals surface area contributed by atoms with Gasteiger partial charge in [-0.1, -0.05) is 18.2 Å². The summed E-state index contributed by atoms with van der Waals surface area (Å²) in [7, 11) is 0. The van der Waals surface area contributed by atoms with Gasteiger partial charge < -0.3 is 10.3 Å². The summed E-state index contributed by atoms with van der Waals surface area (Å²) in [4.78, 5) is 10.9. The molecule has 1 heterocycles.